The second kappa shape index (κ2) is 5.74. The lowest BCUT2D eigenvalue weighted by molar-refractivity contribution is 0.238. The second-order valence-corrected chi connectivity index (χ2v) is 4.99. The quantitative estimate of drug-likeness (QED) is 0.857. The normalized spacial score (nSPS) is 27.2. The topological polar surface area (TPSA) is 39.2 Å². The first-order valence-electron chi connectivity index (χ1n) is 5.98. The van der Waals surface area contributed by atoms with Gasteiger partial charge in [0.1, 0.15) is 11.5 Å². The molecule has 0 aromatic carbocycles. The molecule has 1 atom stereocenters. The van der Waals surface area contributed by atoms with Gasteiger partial charge in [0.25, 0.3) is 0 Å². The summed E-state index contributed by atoms with van der Waals surface area (Å²) in [7, 11) is 0. The largest absolute Gasteiger partial charge is 0.465 e. The minimum atomic E-state index is 0. The van der Waals surface area contributed by atoms with Gasteiger partial charge in [-0.1, -0.05) is 19.8 Å². The molecule has 0 bridgehead atoms. The molecule has 1 fully saturated rings. The van der Waals surface area contributed by atoms with E-state index in [1.165, 1.54) is 25.7 Å². The summed E-state index contributed by atoms with van der Waals surface area (Å²) in [6.07, 6.45) is 5.14. The predicted octanol–water partition coefficient (Wildman–Crippen LogP) is 3.84. The van der Waals surface area contributed by atoms with E-state index in [1.54, 1.807) is 0 Å². The molecule has 16 heavy (non-hydrogen) atoms. The van der Waals surface area contributed by atoms with Crippen LogP contribution in [0.1, 0.15) is 50.2 Å². The van der Waals surface area contributed by atoms with E-state index in [0.717, 1.165) is 17.4 Å². The first kappa shape index (κ1) is 13.6. The summed E-state index contributed by atoms with van der Waals surface area (Å²) in [6, 6.07) is 4.13. The average molecular weight is 244 g/mol. The minimum absolute atomic E-state index is 0. The molecule has 0 aliphatic heterocycles. The molecule has 0 radical (unpaired) electrons. The predicted molar refractivity (Wildman–Crippen MR) is 68.7 cm³/mol. The van der Waals surface area contributed by atoms with Crippen molar-refractivity contribution in [1.82, 2.24) is 0 Å². The van der Waals surface area contributed by atoms with Crippen LogP contribution >= 0.6 is 12.4 Å². The van der Waals surface area contributed by atoms with E-state index < -0.39 is 0 Å². The van der Waals surface area contributed by atoms with Crippen molar-refractivity contribution in [1.29, 1.82) is 0 Å². The molecule has 1 aliphatic rings. The van der Waals surface area contributed by atoms with Crippen LogP contribution in [0.4, 0.5) is 0 Å². The lowest BCUT2D eigenvalue weighted by Gasteiger charge is -2.29. The van der Waals surface area contributed by atoms with Crippen LogP contribution in [-0.4, -0.2) is 0 Å². The van der Waals surface area contributed by atoms with Crippen molar-refractivity contribution in [3.8, 4) is 0 Å². The highest BCUT2D eigenvalue weighted by Crippen LogP contribution is 2.35. The molecule has 1 saturated carbocycles. The van der Waals surface area contributed by atoms with E-state index >= 15 is 0 Å². The lowest BCUT2D eigenvalue weighted by Crippen LogP contribution is -2.25. The summed E-state index contributed by atoms with van der Waals surface area (Å²) in [6.45, 7) is 4.30. The van der Waals surface area contributed by atoms with Crippen LogP contribution < -0.4 is 5.73 Å². The van der Waals surface area contributed by atoms with Gasteiger partial charge >= 0.3 is 0 Å². The third-order valence-corrected chi connectivity index (χ3v) is 3.66. The minimum Gasteiger partial charge on any atom is -0.465 e. The summed E-state index contributed by atoms with van der Waals surface area (Å²) in [5.74, 6) is 3.43. The molecule has 0 amide bonds. The highest BCUT2D eigenvalue weighted by molar-refractivity contribution is 5.85. The smallest absolute Gasteiger partial charge is 0.121 e. The molecule has 2 nitrogen and oxygen atoms in total. The molecule has 1 heterocycles. The van der Waals surface area contributed by atoms with Gasteiger partial charge in [-0.2, -0.15) is 0 Å². The van der Waals surface area contributed by atoms with Gasteiger partial charge < -0.3 is 10.2 Å². The molecular weight excluding hydrogens is 222 g/mol. The summed E-state index contributed by atoms with van der Waals surface area (Å²) < 4.78 is 5.60. The highest BCUT2D eigenvalue weighted by atomic mass is 35.5. The van der Waals surface area contributed by atoms with Crippen molar-refractivity contribution < 1.29 is 4.42 Å². The fraction of sp³-hybridized carbons (Fsp3) is 0.692. The van der Waals surface area contributed by atoms with Gasteiger partial charge in [-0.05, 0) is 43.7 Å². The van der Waals surface area contributed by atoms with Crippen molar-refractivity contribution in [2.24, 2.45) is 17.6 Å². The van der Waals surface area contributed by atoms with Gasteiger partial charge in [0.05, 0.1) is 6.04 Å². The molecule has 3 heteroatoms. The van der Waals surface area contributed by atoms with E-state index in [0.29, 0.717) is 5.92 Å². The lowest BCUT2D eigenvalue weighted by atomic mass is 9.79. The fourth-order valence-electron chi connectivity index (χ4n) is 2.51. The summed E-state index contributed by atoms with van der Waals surface area (Å²) >= 11 is 0. The van der Waals surface area contributed by atoms with Crippen LogP contribution in [0.25, 0.3) is 0 Å². The number of hydrogen-bond donors (Lipinski definition) is 1. The Morgan fingerprint density at radius 2 is 1.88 bits per heavy atom. The second-order valence-electron chi connectivity index (χ2n) is 4.99. The molecule has 1 aliphatic carbocycles. The number of nitrogens with two attached hydrogens (primary N) is 1. The first-order chi connectivity index (χ1) is 7.16. The molecule has 2 rings (SSSR count). The maximum Gasteiger partial charge on any atom is 0.121 e. The van der Waals surface area contributed by atoms with E-state index in [1.807, 2.05) is 19.1 Å². The SMILES string of the molecule is Cc1ccc(C(N)C2CCC(C)CC2)o1.Cl. The maximum absolute atomic E-state index is 6.23. The molecule has 0 spiro atoms. The Bertz CT molecular complexity index is 315. The zero-order valence-electron chi connectivity index (χ0n) is 10.1. The third-order valence-electron chi connectivity index (χ3n) is 3.66. The van der Waals surface area contributed by atoms with E-state index in [2.05, 4.69) is 6.92 Å². The summed E-state index contributed by atoms with van der Waals surface area (Å²) in [5.41, 5.74) is 6.23. The summed E-state index contributed by atoms with van der Waals surface area (Å²) in [4.78, 5) is 0. The highest BCUT2D eigenvalue weighted by Gasteiger charge is 2.26. The van der Waals surface area contributed by atoms with Gasteiger partial charge in [-0.15, -0.1) is 12.4 Å². The number of halogens is 1. The van der Waals surface area contributed by atoms with Gasteiger partial charge in [-0.3, -0.25) is 0 Å². The van der Waals surface area contributed by atoms with Crippen molar-refractivity contribution >= 4 is 12.4 Å². The van der Waals surface area contributed by atoms with Crippen LogP contribution in [0.15, 0.2) is 16.5 Å². The molecule has 0 saturated heterocycles. The standard InChI is InChI=1S/C13H21NO.ClH/c1-9-3-6-11(7-4-9)13(14)12-8-5-10(2)15-12;/h5,8-9,11,13H,3-4,6-7,14H2,1-2H3;1H. The average Bonchev–Trinajstić information content (AvgIpc) is 2.65. The van der Waals surface area contributed by atoms with Gasteiger partial charge in [0.15, 0.2) is 0 Å². The van der Waals surface area contributed by atoms with Gasteiger partial charge in [-0.25, -0.2) is 0 Å². The maximum atomic E-state index is 6.23. The molecular formula is C13H22ClNO. The Kier molecular flexibility index (Phi) is 4.88. The molecule has 2 N–H and O–H groups in total. The zero-order valence-corrected chi connectivity index (χ0v) is 10.9. The van der Waals surface area contributed by atoms with Crippen molar-refractivity contribution in [2.75, 3.05) is 0 Å². The Morgan fingerprint density at radius 3 is 2.38 bits per heavy atom. The first-order valence-corrected chi connectivity index (χ1v) is 5.98. The molecule has 1 aromatic rings. The Labute approximate surface area is 104 Å². The number of hydrogen-bond acceptors (Lipinski definition) is 2. The van der Waals surface area contributed by atoms with E-state index in [4.69, 9.17) is 10.2 Å². The fourth-order valence-corrected chi connectivity index (χ4v) is 2.51. The van der Waals surface area contributed by atoms with Crippen molar-refractivity contribution in [2.45, 2.75) is 45.6 Å². The number of aryl methyl sites for hydroxylation is 1. The van der Waals surface area contributed by atoms with Crippen LogP contribution in [-0.2, 0) is 0 Å². The van der Waals surface area contributed by atoms with Crippen LogP contribution in [0, 0.1) is 18.8 Å². The van der Waals surface area contributed by atoms with Crippen molar-refractivity contribution in [3.05, 3.63) is 23.7 Å². The van der Waals surface area contributed by atoms with E-state index in [9.17, 15) is 0 Å². The van der Waals surface area contributed by atoms with Gasteiger partial charge in [0.2, 0.25) is 0 Å². The van der Waals surface area contributed by atoms with Crippen LogP contribution in [0.2, 0.25) is 0 Å². The molecule has 1 aromatic heterocycles. The van der Waals surface area contributed by atoms with Crippen molar-refractivity contribution in [3.63, 3.8) is 0 Å². The Morgan fingerprint density at radius 1 is 1.25 bits per heavy atom. The Hall–Kier alpha value is -0.470. The molecule has 1 unspecified atom stereocenters. The monoisotopic (exact) mass is 243 g/mol. The molecule has 92 valence electrons. The van der Waals surface area contributed by atoms with Crippen LogP contribution in [0.5, 0.6) is 0 Å². The van der Waals surface area contributed by atoms with Crippen LogP contribution in [0.3, 0.4) is 0 Å². The summed E-state index contributed by atoms with van der Waals surface area (Å²) in [5, 5.41) is 0. The number of rotatable bonds is 2. The van der Waals surface area contributed by atoms with Gasteiger partial charge in [0, 0.05) is 0 Å². The Balaban J connectivity index is 0.00000128. The third kappa shape index (κ3) is 3.02. The van der Waals surface area contributed by atoms with E-state index in [-0.39, 0.29) is 18.4 Å². The number of furan rings is 1. The zero-order chi connectivity index (χ0) is 10.8.